The summed E-state index contributed by atoms with van der Waals surface area (Å²) in [5, 5.41) is 19.9. The third kappa shape index (κ3) is 3.41. The van der Waals surface area contributed by atoms with Gasteiger partial charge in [-0.1, -0.05) is 0 Å². The van der Waals surface area contributed by atoms with Gasteiger partial charge in [-0.15, -0.1) is 5.10 Å². The van der Waals surface area contributed by atoms with Crippen LogP contribution in [0.1, 0.15) is 24.8 Å². The Morgan fingerprint density at radius 3 is 3.00 bits per heavy atom. The van der Waals surface area contributed by atoms with Crippen molar-refractivity contribution in [2.45, 2.75) is 19.3 Å². The molecule has 0 bridgehead atoms. The van der Waals surface area contributed by atoms with Gasteiger partial charge in [0.15, 0.2) is 5.82 Å². The van der Waals surface area contributed by atoms with Crippen LogP contribution < -0.4 is 5.32 Å². The van der Waals surface area contributed by atoms with Crippen molar-refractivity contribution in [3.05, 3.63) is 17.8 Å². The Labute approximate surface area is 108 Å². The van der Waals surface area contributed by atoms with E-state index in [4.69, 9.17) is 5.26 Å². The lowest BCUT2D eigenvalue weighted by molar-refractivity contribution is 0.215. The van der Waals surface area contributed by atoms with Crippen molar-refractivity contribution < 1.29 is 0 Å². The average molecular weight is 245 g/mol. The largest absolute Gasteiger partial charge is 0.367 e. The molecule has 0 radical (unpaired) electrons. The first kappa shape index (κ1) is 12.8. The van der Waals surface area contributed by atoms with Gasteiger partial charge < -0.3 is 10.2 Å². The molecule has 1 aromatic rings. The van der Waals surface area contributed by atoms with Gasteiger partial charge in [0.1, 0.15) is 6.07 Å². The van der Waals surface area contributed by atoms with E-state index in [9.17, 15) is 0 Å². The van der Waals surface area contributed by atoms with Gasteiger partial charge in [-0.05, 0) is 51.4 Å². The van der Waals surface area contributed by atoms with Crippen LogP contribution in [0.2, 0.25) is 0 Å². The van der Waals surface area contributed by atoms with Crippen LogP contribution in [0.15, 0.2) is 12.3 Å². The second-order valence-corrected chi connectivity index (χ2v) is 4.87. The number of nitriles is 1. The first-order valence-corrected chi connectivity index (χ1v) is 6.44. The van der Waals surface area contributed by atoms with Crippen molar-refractivity contribution in [2.75, 3.05) is 32.0 Å². The predicted molar refractivity (Wildman–Crippen MR) is 70.1 cm³/mol. The summed E-state index contributed by atoms with van der Waals surface area (Å²) in [6.45, 7) is 3.25. The number of aromatic nitrogens is 2. The number of hydrogen-bond acceptors (Lipinski definition) is 5. The maximum Gasteiger partial charge on any atom is 0.166 e. The van der Waals surface area contributed by atoms with Crippen molar-refractivity contribution in [3.63, 3.8) is 0 Å². The lowest BCUT2D eigenvalue weighted by Gasteiger charge is -2.28. The summed E-state index contributed by atoms with van der Waals surface area (Å²) in [4.78, 5) is 2.38. The molecule has 0 spiro atoms. The lowest BCUT2D eigenvalue weighted by Crippen LogP contribution is -2.30. The van der Waals surface area contributed by atoms with Crippen LogP contribution in [0.5, 0.6) is 0 Å². The minimum Gasteiger partial charge on any atom is -0.367 e. The minimum absolute atomic E-state index is 0.563. The summed E-state index contributed by atoms with van der Waals surface area (Å²) >= 11 is 0. The number of anilines is 1. The summed E-state index contributed by atoms with van der Waals surface area (Å²) in [7, 11) is 2.17. The molecule has 18 heavy (non-hydrogen) atoms. The van der Waals surface area contributed by atoms with Gasteiger partial charge in [0.2, 0.25) is 0 Å². The van der Waals surface area contributed by atoms with Gasteiger partial charge in [-0.2, -0.15) is 10.4 Å². The van der Waals surface area contributed by atoms with E-state index in [1.807, 2.05) is 0 Å². The Hall–Kier alpha value is -1.67. The molecule has 2 heterocycles. The van der Waals surface area contributed by atoms with Gasteiger partial charge in [0, 0.05) is 6.54 Å². The Kier molecular flexibility index (Phi) is 4.48. The normalized spacial score (nSPS) is 17.3. The fourth-order valence-electron chi connectivity index (χ4n) is 2.30. The molecule has 1 aromatic heterocycles. The lowest BCUT2D eigenvalue weighted by atomic mass is 9.94. The van der Waals surface area contributed by atoms with Crippen molar-refractivity contribution in [1.29, 1.82) is 5.26 Å². The molecule has 0 amide bonds. The molecule has 0 saturated carbocycles. The summed E-state index contributed by atoms with van der Waals surface area (Å²) in [6, 6.07) is 3.80. The molecule has 1 saturated heterocycles. The van der Waals surface area contributed by atoms with Gasteiger partial charge in [0.25, 0.3) is 0 Å². The van der Waals surface area contributed by atoms with E-state index in [1.165, 1.54) is 25.9 Å². The average Bonchev–Trinajstić information content (AvgIpc) is 2.41. The zero-order chi connectivity index (χ0) is 12.8. The highest BCUT2D eigenvalue weighted by Crippen LogP contribution is 2.19. The standard InChI is InChI=1S/C13H19N5/c1-18-8-4-11(5-9-18)2-6-15-13-12(10-14)3-7-16-17-13/h3,7,11H,2,4-6,8-9H2,1H3,(H,15,17). The van der Waals surface area contributed by atoms with Gasteiger partial charge in [-0.25, -0.2) is 0 Å². The van der Waals surface area contributed by atoms with Gasteiger partial charge in [-0.3, -0.25) is 0 Å². The zero-order valence-corrected chi connectivity index (χ0v) is 10.8. The van der Waals surface area contributed by atoms with Crippen molar-refractivity contribution in [3.8, 4) is 6.07 Å². The number of piperidine rings is 1. The highest BCUT2D eigenvalue weighted by atomic mass is 15.2. The molecule has 0 aliphatic carbocycles. The minimum atomic E-state index is 0.563. The highest BCUT2D eigenvalue weighted by Gasteiger charge is 2.16. The smallest absolute Gasteiger partial charge is 0.166 e. The van der Waals surface area contributed by atoms with Crippen LogP contribution in [-0.2, 0) is 0 Å². The van der Waals surface area contributed by atoms with E-state index in [-0.39, 0.29) is 0 Å². The molecular formula is C13H19N5. The van der Waals surface area contributed by atoms with Crippen LogP contribution in [-0.4, -0.2) is 41.8 Å². The SMILES string of the molecule is CN1CCC(CCNc2nnccc2C#N)CC1. The molecule has 0 aromatic carbocycles. The van der Waals surface area contributed by atoms with E-state index < -0.39 is 0 Å². The van der Waals surface area contributed by atoms with Crippen LogP contribution in [0.4, 0.5) is 5.82 Å². The first-order valence-electron chi connectivity index (χ1n) is 6.44. The highest BCUT2D eigenvalue weighted by molar-refractivity contribution is 5.49. The summed E-state index contributed by atoms with van der Waals surface area (Å²) in [5.74, 6) is 1.39. The van der Waals surface area contributed by atoms with E-state index in [0.717, 1.165) is 18.9 Å². The number of rotatable bonds is 4. The van der Waals surface area contributed by atoms with Gasteiger partial charge in [0.05, 0.1) is 11.8 Å². The topological polar surface area (TPSA) is 64.8 Å². The fourth-order valence-corrected chi connectivity index (χ4v) is 2.30. The Morgan fingerprint density at radius 1 is 1.50 bits per heavy atom. The predicted octanol–water partition coefficient (Wildman–Crippen LogP) is 1.49. The molecule has 0 unspecified atom stereocenters. The maximum absolute atomic E-state index is 8.93. The van der Waals surface area contributed by atoms with Gasteiger partial charge >= 0.3 is 0 Å². The van der Waals surface area contributed by atoms with E-state index in [0.29, 0.717) is 11.4 Å². The second-order valence-electron chi connectivity index (χ2n) is 4.87. The monoisotopic (exact) mass is 245 g/mol. The number of likely N-dealkylation sites (tertiary alicyclic amines) is 1. The van der Waals surface area contributed by atoms with Crippen molar-refractivity contribution >= 4 is 5.82 Å². The molecule has 96 valence electrons. The molecule has 2 rings (SSSR count). The van der Waals surface area contributed by atoms with Crippen molar-refractivity contribution in [2.24, 2.45) is 5.92 Å². The molecule has 1 aliphatic heterocycles. The molecule has 5 heteroatoms. The maximum atomic E-state index is 8.93. The molecule has 0 atom stereocenters. The van der Waals surface area contributed by atoms with E-state index >= 15 is 0 Å². The van der Waals surface area contributed by atoms with Crippen LogP contribution in [0.25, 0.3) is 0 Å². The molecule has 1 N–H and O–H groups in total. The quantitative estimate of drug-likeness (QED) is 0.870. The Balaban J connectivity index is 1.77. The molecular weight excluding hydrogens is 226 g/mol. The Morgan fingerprint density at radius 2 is 2.28 bits per heavy atom. The number of nitrogens with zero attached hydrogens (tertiary/aromatic N) is 4. The van der Waals surface area contributed by atoms with Crippen LogP contribution in [0.3, 0.4) is 0 Å². The molecule has 5 nitrogen and oxygen atoms in total. The number of hydrogen-bond donors (Lipinski definition) is 1. The zero-order valence-electron chi connectivity index (χ0n) is 10.8. The fraction of sp³-hybridized carbons (Fsp3) is 0.615. The molecule has 1 aliphatic rings. The second kappa shape index (κ2) is 6.31. The summed E-state index contributed by atoms with van der Waals surface area (Å²) < 4.78 is 0. The van der Waals surface area contributed by atoms with E-state index in [2.05, 4.69) is 33.5 Å². The Bertz CT molecular complexity index is 418. The third-order valence-corrected chi connectivity index (χ3v) is 3.52. The number of nitrogens with one attached hydrogen (secondary N) is 1. The summed E-state index contributed by atoms with van der Waals surface area (Å²) in [5.41, 5.74) is 0.563. The third-order valence-electron chi connectivity index (χ3n) is 3.52. The van der Waals surface area contributed by atoms with Crippen LogP contribution in [0, 0.1) is 17.2 Å². The summed E-state index contributed by atoms with van der Waals surface area (Å²) in [6.07, 6.45) is 5.21. The van der Waals surface area contributed by atoms with Crippen LogP contribution >= 0.6 is 0 Å². The van der Waals surface area contributed by atoms with E-state index in [1.54, 1.807) is 12.3 Å². The van der Waals surface area contributed by atoms with Crippen molar-refractivity contribution in [1.82, 2.24) is 15.1 Å². The molecule has 1 fully saturated rings. The first-order chi connectivity index (χ1) is 8.79.